The minimum absolute atomic E-state index is 0.443. The van der Waals surface area contributed by atoms with Gasteiger partial charge in [0.1, 0.15) is 0 Å². The van der Waals surface area contributed by atoms with Crippen LogP contribution in [0.25, 0.3) is 0 Å². The van der Waals surface area contributed by atoms with E-state index >= 15 is 0 Å². The molecule has 0 radical (unpaired) electrons. The van der Waals surface area contributed by atoms with Crippen molar-refractivity contribution < 1.29 is 17.2 Å². The SMILES string of the molecule is CCC(CC)[Si](C)(C)OP(=O)(O[Si](C)(C)C(CC)CC)O[Si](C)(C)C(CC)CC. The van der Waals surface area contributed by atoms with Crippen LogP contribution in [-0.2, 0) is 17.2 Å². The maximum absolute atomic E-state index is 14.3. The minimum atomic E-state index is -3.64. The highest BCUT2D eigenvalue weighted by Crippen LogP contribution is 2.60. The topological polar surface area (TPSA) is 44.8 Å². The molecule has 176 valence electrons. The van der Waals surface area contributed by atoms with Crippen molar-refractivity contribution in [1.82, 2.24) is 0 Å². The van der Waals surface area contributed by atoms with Crippen LogP contribution in [0, 0.1) is 0 Å². The third-order valence-electron chi connectivity index (χ3n) is 6.95. The summed E-state index contributed by atoms with van der Waals surface area (Å²) in [5.74, 6) is 0. The van der Waals surface area contributed by atoms with Crippen molar-refractivity contribution in [3.63, 3.8) is 0 Å². The van der Waals surface area contributed by atoms with Gasteiger partial charge in [-0.3, -0.25) is 0 Å². The molecule has 29 heavy (non-hydrogen) atoms. The Morgan fingerprint density at radius 1 is 0.517 bits per heavy atom. The van der Waals surface area contributed by atoms with Gasteiger partial charge in [0.05, 0.1) is 0 Å². The van der Waals surface area contributed by atoms with E-state index in [1.165, 1.54) is 0 Å². The quantitative estimate of drug-likeness (QED) is 0.172. The summed E-state index contributed by atoms with van der Waals surface area (Å²) >= 11 is 0. The average molecular weight is 483 g/mol. The van der Waals surface area contributed by atoms with Crippen molar-refractivity contribution >= 4 is 32.8 Å². The molecule has 0 unspecified atom stereocenters. The average Bonchev–Trinajstić information content (AvgIpc) is 2.54. The normalized spacial score (nSPS) is 14.4. The predicted octanol–water partition coefficient (Wildman–Crippen LogP) is 9.33. The molecule has 0 rings (SSSR count). The first kappa shape index (κ1) is 29.8. The molecule has 0 saturated carbocycles. The zero-order chi connectivity index (χ0) is 23.1. The summed E-state index contributed by atoms with van der Waals surface area (Å²) in [5.41, 5.74) is 1.33. The highest BCUT2D eigenvalue weighted by molar-refractivity contribution is 7.53. The molecule has 0 aliphatic carbocycles. The second-order valence-electron chi connectivity index (χ2n) is 10.1. The van der Waals surface area contributed by atoms with Gasteiger partial charge in [0, 0.05) is 0 Å². The Morgan fingerprint density at radius 2 is 0.690 bits per heavy atom. The number of hydrogen-bond acceptors (Lipinski definition) is 4. The predicted molar refractivity (Wildman–Crippen MR) is 136 cm³/mol. The Kier molecular flexibility index (Phi) is 12.4. The molecule has 0 saturated heterocycles. The zero-order valence-electron chi connectivity index (χ0n) is 21.6. The second kappa shape index (κ2) is 12.1. The fourth-order valence-electron chi connectivity index (χ4n) is 4.96. The largest absolute Gasteiger partial charge is 0.445 e. The van der Waals surface area contributed by atoms with Crippen LogP contribution in [-0.4, -0.2) is 25.0 Å². The van der Waals surface area contributed by atoms with E-state index in [4.69, 9.17) is 12.6 Å². The van der Waals surface area contributed by atoms with E-state index in [2.05, 4.69) is 80.8 Å². The van der Waals surface area contributed by atoms with E-state index in [0.29, 0.717) is 16.6 Å². The van der Waals surface area contributed by atoms with Crippen molar-refractivity contribution in [2.45, 2.75) is 136 Å². The lowest BCUT2D eigenvalue weighted by atomic mass is 10.3. The van der Waals surface area contributed by atoms with Crippen molar-refractivity contribution in [2.75, 3.05) is 0 Å². The summed E-state index contributed by atoms with van der Waals surface area (Å²) in [6, 6.07) is 0. The molecule has 0 aliphatic heterocycles. The smallest absolute Gasteiger partial charge is 0.331 e. The summed E-state index contributed by atoms with van der Waals surface area (Å²) in [6.07, 6.45) is 6.23. The molecule has 0 N–H and O–H groups in total. The first-order chi connectivity index (χ1) is 13.2. The summed E-state index contributed by atoms with van der Waals surface area (Å²) in [6.45, 7) is 26.3. The molecule has 0 aromatic rings. The van der Waals surface area contributed by atoms with Crippen molar-refractivity contribution in [3.05, 3.63) is 0 Å². The van der Waals surface area contributed by atoms with Gasteiger partial charge < -0.3 is 12.6 Å². The van der Waals surface area contributed by atoms with E-state index in [1.807, 2.05) is 0 Å². The first-order valence-electron chi connectivity index (χ1n) is 11.9. The van der Waals surface area contributed by atoms with Crippen LogP contribution in [0.3, 0.4) is 0 Å². The molecule has 0 atom stereocenters. The van der Waals surface area contributed by atoms with E-state index in [1.54, 1.807) is 0 Å². The van der Waals surface area contributed by atoms with Gasteiger partial charge in [-0.1, -0.05) is 80.1 Å². The molecule has 0 aromatic heterocycles. The zero-order valence-corrected chi connectivity index (χ0v) is 25.4. The molecule has 0 aromatic carbocycles. The van der Waals surface area contributed by atoms with Crippen LogP contribution in [0.5, 0.6) is 0 Å². The van der Waals surface area contributed by atoms with E-state index < -0.39 is 32.8 Å². The van der Waals surface area contributed by atoms with Gasteiger partial charge in [0.15, 0.2) is 0 Å². The van der Waals surface area contributed by atoms with Crippen LogP contribution < -0.4 is 0 Å². The lowest BCUT2D eigenvalue weighted by molar-refractivity contribution is 0.278. The number of hydrogen-bond donors (Lipinski definition) is 0. The summed E-state index contributed by atoms with van der Waals surface area (Å²) in [4.78, 5) is 0. The Bertz CT molecular complexity index is 443. The Labute approximate surface area is 185 Å². The maximum atomic E-state index is 14.3. The molecular weight excluding hydrogens is 431 g/mol. The third-order valence-corrected chi connectivity index (χ3v) is 23.6. The standard InChI is InChI=1S/C21H51O4PSi3/c1-13-19(14-2)27(7,8)23-26(22,24-28(9,10)20(15-3)16-4)25-29(11,12)21(17-5)18-6/h19-21H,13-18H2,1-12H3. The van der Waals surface area contributed by atoms with E-state index in [-0.39, 0.29) is 0 Å². The first-order valence-corrected chi connectivity index (χ1v) is 22.3. The van der Waals surface area contributed by atoms with Gasteiger partial charge in [0.25, 0.3) is 0 Å². The summed E-state index contributed by atoms with van der Waals surface area (Å²) < 4.78 is 33.9. The maximum Gasteiger partial charge on any atom is 0.445 e. The van der Waals surface area contributed by atoms with Crippen molar-refractivity contribution in [3.8, 4) is 0 Å². The van der Waals surface area contributed by atoms with Gasteiger partial charge in [0.2, 0.25) is 25.0 Å². The number of rotatable bonds is 15. The van der Waals surface area contributed by atoms with Crippen LogP contribution in [0.2, 0.25) is 55.9 Å². The lowest BCUT2D eigenvalue weighted by Crippen LogP contribution is -2.43. The Morgan fingerprint density at radius 3 is 0.828 bits per heavy atom. The molecule has 0 bridgehead atoms. The van der Waals surface area contributed by atoms with Gasteiger partial charge in [-0.05, 0) is 55.9 Å². The molecule has 4 nitrogen and oxygen atoms in total. The van der Waals surface area contributed by atoms with Gasteiger partial charge in [-0.2, -0.15) is 0 Å². The Hall–Kier alpha value is 0.761. The van der Waals surface area contributed by atoms with E-state index in [9.17, 15) is 4.57 Å². The van der Waals surface area contributed by atoms with Crippen molar-refractivity contribution in [1.29, 1.82) is 0 Å². The molecule has 0 heterocycles. The van der Waals surface area contributed by atoms with E-state index in [0.717, 1.165) is 38.5 Å². The van der Waals surface area contributed by atoms with Crippen LogP contribution >= 0.6 is 7.82 Å². The molecular formula is C21H51O4PSi3. The number of phosphoric acid groups is 1. The van der Waals surface area contributed by atoms with Crippen LogP contribution in [0.4, 0.5) is 0 Å². The summed E-state index contributed by atoms with van der Waals surface area (Å²) in [5, 5.41) is 0. The van der Waals surface area contributed by atoms with Crippen molar-refractivity contribution in [2.24, 2.45) is 0 Å². The van der Waals surface area contributed by atoms with Crippen LogP contribution in [0.15, 0.2) is 0 Å². The fourth-order valence-corrected chi connectivity index (χ4v) is 21.0. The van der Waals surface area contributed by atoms with Gasteiger partial charge in [-0.25, -0.2) is 4.57 Å². The lowest BCUT2D eigenvalue weighted by Gasteiger charge is -2.42. The molecule has 0 fully saturated rings. The van der Waals surface area contributed by atoms with Gasteiger partial charge >= 0.3 is 7.82 Å². The molecule has 0 aliphatic rings. The second-order valence-corrected chi connectivity index (χ2v) is 25.2. The monoisotopic (exact) mass is 482 g/mol. The van der Waals surface area contributed by atoms with Crippen LogP contribution in [0.1, 0.15) is 80.1 Å². The Balaban J connectivity index is 6.08. The highest BCUT2D eigenvalue weighted by atomic mass is 31.2. The molecule has 0 amide bonds. The molecule has 0 spiro atoms. The fraction of sp³-hybridized carbons (Fsp3) is 1.00. The minimum Gasteiger partial charge on any atom is -0.331 e. The van der Waals surface area contributed by atoms with Gasteiger partial charge in [-0.15, -0.1) is 0 Å². The highest BCUT2D eigenvalue weighted by Gasteiger charge is 2.49. The molecule has 8 heteroatoms. The summed E-state index contributed by atoms with van der Waals surface area (Å²) in [7, 11) is -10.4. The third kappa shape index (κ3) is 8.66.